The molecule has 0 aromatic carbocycles. The number of rotatable bonds is 13. The molecule has 6 heteroatoms. The van der Waals surface area contributed by atoms with Crippen LogP contribution in [0.5, 0.6) is 0 Å². The molecule has 1 fully saturated rings. The summed E-state index contributed by atoms with van der Waals surface area (Å²) >= 11 is 0. The third kappa shape index (κ3) is 10.6. The predicted octanol–water partition coefficient (Wildman–Crippen LogP) is 2.90. The fourth-order valence-electron chi connectivity index (χ4n) is 2.77. The molecule has 0 radical (unpaired) electrons. The fraction of sp³-hybridized carbons (Fsp3) is 0.591. The number of carbonyl (C=O) groups is 1. The molecule has 0 bridgehead atoms. The lowest BCUT2D eigenvalue weighted by molar-refractivity contribution is -0.136. The van der Waals surface area contributed by atoms with Gasteiger partial charge < -0.3 is 25.2 Å². The van der Waals surface area contributed by atoms with Gasteiger partial charge in [-0.25, -0.2) is 0 Å². The third-order valence-electron chi connectivity index (χ3n) is 4.50. The Morgan fingerprint density at radius 3 is 2.39 bits per heavy atom. The molecule has 1 aliphatic heterocycles. The van der Waals surface area contributed by atoms with Crippen LogP contribution in [-0.2, 0) is 9.53 Å². The van der Waals surface area contributed by atoms with Crippen LogP contribution in [0.15, 0.2) is 48.6 Å². The molecule has 0 spiro atoms. The van der Waals surface area contributed by atoms with Gasteiger partial charge in [-0.3, -0.25) is 4.79 Å². The van der Waals surface area contributed by atoms with Crippen LogP contribution in [0.25, 0.3) is 0 Å². The normalized spacial score (nSPS) is 25.5. The molecule has 0 amide bonds. The maximum atomic E-state index is 10.4. The predicted molar refractivity (Wildman–Crippen MR) is 109 cm³/mol. The molecule has 0 unspecified atom stereocenters. The van der Waals surface area contributed by atoms with Crippen molar-refractivity contribution in [1.82, 2.24) is 0 Å². The number of aliphatic carboxylic acids is 1. The van der Waals surface area contributed by atoms with Crippen LogP contribution >= 0.6 is 0 Å². The Balaban J connectivity index is 2.22. The Labute approximate surface area is 167 Å². The van der Waals surface area contributed by atoms with Crippen molar-refractivity contribution in [2.24, 2.45) is 0 Å². The first-order chi connectivity index (χ1) is 13.4. The van der Waals surface area contributed by atoms with Gasteiger partial charge in [0.1, 0.15) is 6.10 Å². The Morgan fingerprint density at radius 2 is 1.75 bits per heavy atom. The summed E-state index contributed by atoms with van der Waals surface area (Å²) < 4.78 is 5.70. The van der Waals surface area contributed by atoms with Gasteiger partial charge in [-0.05, 0) is 32.1 Å². The van der Waals surface area contributed by atoms with Crippen molar-refractivity contribution >= 4 is 5.97 Å². The van der Waals surface area contributed by atoms with E-state index in [4.69, 9.17) is 9.84 Å². The van der Waals surface area contributed by atoms with Crippen molar-refractivity contribution in [3.8, 4) is 0 Å². The van der Waals surface area contributed by atoms with Gasteiger partial charge in [0.15, 0.2) is 0 Å². The maximum Gasteiger partial charge on any atom is 0.303 e. The van der Waals surface area contributed by atoms with E-state index in [1.165, 1.54) is 0 Å². The van der Waals surface area contributed by atoms with Crippen molar-refractivity contribution in [2.45, 2.75) is 82.4 Å². The Hall–Kier alpha value is -1.73. The van der Waals surface area contributed by atoms with Gasteiger partial charge in [-0.1, -0.05) is 55.5 Å². The molecule has 158 valence electrons. The van der Waals surface area contributed by atoms with Crippen molar-refractivity contribution in [3.63, 3.8) is 0 Å². The standard InChI is InChI=1S/C22H34O6/c1-2-17(23)14-15-20-19(25)16-21(28-20)18(24)12-10-8-6-4-3-5-7-9-11-13-22(26)27/h3-4,7-10,14-15,17-21,23-25H,2,5-6,11-13,16H2,1H3,(H,26,27)/b4-3-,9-7-,10-8-,15-14+/t17-,18+,19-,20+,21+/m0/s1. The van der Waals surface area contributed by atoms with Gasteiger partial charge in [0, 0.05) is 12.8 Å². The van der Waals surface area contributed by atoms with Gasteiger partial charge in [0.05, 0.1) is 24.4 Å². The monoisotopic (exact) mass is 394 g/mol. The number of aliphatic hydroxyl groups excluding tert-OH is 3. The number of hydrogen-bond acceptors (Lipinski definition) is 5. The average molecular weight is 395 g/mol. The quantitative estimate of drug-likeness (QED) is 0.358. The molecule has 1 saturated heterocycles. The fourth-order valence-corrected chi connectivity index (χ4v) is 2.77. The minimum Gasteiger partial charge on any atom is -0.481 e. The number of carboxylic acid groups (broad SMARTS) is 1. The Bertz CT molecular complexity index is 551. The highest BCUT2D eigenvalue weighted by molar-refractivity contribution is 5.66. The number of hydrogen-bond donors (Lipinski definition) is 4. The van der Waals surface area contributed by atoms with Crippen LogP contribution in [0.2, 0.25) is 0 Å². The van der Waals surface area contributed by atoms with Crippen molar-refractivity contribution in [1.29, 1.82) is 0 Å². The van der Waals surface area contributed by atoms with Crippen LogP contribution in [0, 0.1) is 0 Å². The molecule has 4 N–H and O–H groups in total. The SMILES string of the molecule is CC[C@H](O)/C=C/[C@H]1O[C@@H]([C@H](O)C/C=C\C/C=C\C/C=C\CCC(=O)O)C[C@@H]1O. The van der Waals surface area contributed by atoms with E-state index in [9.17, 15) is 20.1 Å². The molecule has 0 aliphatic carbocycles. The van der Waals surface area contributed by atoms with E-state index in [0.717, 1.165) is 12.8 Å². The largest absolute Gasteiger partial charge is 0.481 e. The molecule has 1 aliphatic rings. The smallest absolute Gasteiger partial charge is 0.303 e. The van der Waals surface area contributed by atoms with E-state index in [0.29, 0.717) is 25.7 Å². The van der Waals surface area contributed by atoms with E-state index < -0.39 is 36.5 Å². The second kappa shape index (κ2) is 14.3. The molecular weight excluding hydrogens is 360 g/mol. The zero-order valence-corrected chi connectivity index (χ0v) is 16.6. The summed E-state index contributed by atoms with van der Waals surface area (Å²) in [6, 6.07) is 0. The molecular formula is C22H34O6. The minimum absolute atomic E-state index is 0.157. The summed E-state index contributed by atoms with van der Waals surface area (Å²) in [6.07, 6.45) is 15.9. The zero-order valence-electron chi connectivity index (χ0n) is 16.6. The lowest BCUT2D eigenvalue weighted by Crippen LogP contribution is -2.25. The van der Waals surface area contributed by atoms with E-state index in [-0.39, 0.29) is 6.42 Å². The molecule has 1 heterocycles. The minimum atomic E-state index is -0.785. The molecule has 0 aromatic heterocycles. The molecule has 28 heavy (non-hydrogen) atoms. The first-order valence-electron chi connectivity index (χ1n) is 9.98. The Morgan fingerprint density at radius 1 is 1.11 bits per heavy atom. The van der Waals surface area contributed by atoms with Crippen LogP contribution in [-0.4, -0.2) is 56.9 Å². The van der Waals surface area contributed by atoms with Crippen LogP contribution < -0.4 is 0 Å². The summed E-state index contributed by atoms with van der Waals surface area (Å²) in [5.41, 5.74) is 0. The molecule has 0 aromatic rings. The van der Waals surface area contributed by atoms with Gasteiger partial charge in [-0.15, -0.1) is 0 Å². The summed E-state index contributed by atoms with van der Waals surface area (Å²) in [4.78, 5) is 10.4. The van der Waals surface area contributed by atoms with Crippen molar-refractivity contribution in [3.05, 3.63) is 48.6 Å². The lowest BCUT2D eigenvalue weighted by atomic mass is 10.0. The molecule has 0 saturated carbocycles. The Kier molecular flexibility index (Phi) is 12.4. The topological polar surface area (TPSA) is 107 Å². The van der Waals surface area contributed by atoms with Gasteiger partial charge >= 0.3 is 5.97 Å². The second-order valence-electron chi connectivity index (χ2n) is 6.92. The molecule has 5 atom stereocenters. The first kappa shape index (κ1) is 24.3. The van der Waals surface area contributed by atoms with Gasteiger partial charge in [0.25, 0.3) is 0 Å². The molecule has 6 nitrogen and oxygen atoms in total. The van der Waals surface area contributed by atoms with Crippen LogP contribution in [0.3, 0.4) is 0 Å². The van der Waals surface area contributed by atoms with Crippen LogP contribution in [0.4, 0.5) is 0 Å². The average Bonchev–Trinajstić information content (AvgIpc) is 3.04. The van der Waals surface area contributed by atoms with Crippen molar-refractivity contribution in [2.75, 3.05) is 0 Å². The summed E-state index contributed by atoms with van der Waals surface area (Å²) in [5, 5.41) is 38.3. The summed E-state index contributed by atoms with van der Waals surface area (Å²) in [5.74, 6) is -0.785. The van der Waals surface area contributed by atoms with E-state index in [1.54, 1.807) is 12.2 Å². The van der Waals surface area contributed by atoms with Gasteiger partial charge in [0.2, 0.25) is 0 Å². The number of carboxylic acids is 1. The number of allylic oxidation sites excluding steroid dienone is 5. The lowest BCUT2D eigenvalue weighted by Gasteiger charge is -2.16. The second-order valence-corrected chi connectivity index (χ2v) is 6.92. The first-order valence-corrected chi connectivity index (χ1v) is 9.98. The maximum absolute atomic E-state index is 10.4. The number of ether oxygens (including phenoxy) is 1. The van der Waals surface area contributed by atoms with E-state index in [1.807, 2.05) is 43.4 Å². The highest BCUT2D eigenvalue weighted by atomic mass is 16.5. The third-order valence-corrected chi connectivity index (χ3v) is 4.50. The number of aliphatic hydroxyl groups is 3. The summed E-state index contributed by atoms with van der Waals surface area (Å²) in [7, 11) is 0. The van der Waals surface area contributed by atoms with E-state index >= 15 is 0 Å². The highest BCUT2D eigenvalue weighted by Gasteiger charge is 2.35. The highest BCUT2D eigenvalue weighted by Crippen LogP contribution is 2.25. The zero-order chi connectivity index (χ0) is 20.8. The van der Waals surface area contributed by atoms with Crippen molar-refractivity contribution < 1.29 is 30.0 Å². The van der Waals surface area contributed by atoms with Crippen LogP contribution in [0.1, 0.15) is 51.9 Å². The molecule has 1 rings (SSSR count). The summed E-state index contributed by atoms with van der Waals surface area (Å²) in [6.45, 7) is 1.87. The van der Waals surface area contributed by atoms with Gasteiger partial charge in [-0.2, -0.15) is 0 Å². The van der Waals surface area contributed by atoms with E-state index in [2.05, 4.69) is 0 Å².